The fraction of sp³-hybridized carbons (Fsp3) is 0.208. The number of ether oxygens (including phenoxy) is 4. The zero-order valence-electron chi connectivity index (χ0n) is 18.6. The number of nitrogens with zero attached hydrogens (tertiary/aromatic N) is 2. The van der Waals surface area contributed by atoms with Gasteiger partial charge < -0.3 is 23.8 Å². The Kier molecular flexibility index (Phi) is 7.64. The summed E-state index contributed by atoms with van der Waals surface area (Å²) in [7, 11) is 6.26. The number of fused-ring (bicyclic) bond motifs is 1. The summed E-state index contributed by atoms with van der Waals surface area (Å²) in [6.07, 6.45) is 2.68. The van der Waals surface area contributed by atoms with E-state index in [0.717, 1.165) is 10.6 Å². The molecular formula is C24H22N2O6S. The van der Waals surface area contributed by atoms with Gasteiger partial charge in [0.2, 0.25) is 11.5 Å². The van der Waals surface area contributed by atoms with E-state index >= 15 is 0 Å². The Hall–Kier alpha value is -3.90. The Bertz CT molecular complexity index is 1160. The zero-order chi connectivity index (χ0) is 24.0. The average Bonchev–Trinajstić information content (AvgIpc) is 3.17. The maximum absolute atomic E-state index is 12.6. The summed E-state index contributed by atoms with van der Waals surface area (Å²) in [4.78, 5) is 27.5. The van der Waals surface area contributed by atoms with E-state index in [2.05, 4.69) is 0 Å². The van der Waals surface area contributed by atoms with Gasteiger partial charge in [0.15, 0.2) is 18.1 Å². The number of carbonyl (C=O) groups excluding carboxylic acids is 2. The van der Waals surface area contributed by atoms with Gasteiger partial charge in [-0.25, -0.2) is 4.79 Å². The molecule has 2 aromatic rings. The van der Waals surface area contributed by atoms with Gasteiger partial charge in [-0.2, -0.15) is 5.26 Å². The number of benzene rings is 2. The number of methoxy groups -OCH3 is 3. The van der Waals surface area contributed by atoms with Crippen LogP contribution in [0.5, 0.6) is 17.2 Å². The third-order valence-electron chi connectivity index (χ3n) is 4.79. The van der Waals surface area contributed by atoms with Gasteiger partial charge in [-0.05, 0) is 35.9 Å². The summed E-state index contributed by atoms with van der Waals surface area (Å²) >= 11 is 1.33. The molecule has 0 aromatic heterocycles. The predicted octanol–water partition coefficient (Wildman–Crippen LogP) is 3.82. The molecule has 0 amide bonds. The van der Waals surface area contributed by atoms with Crippen LogP contribution in [0.3, 0.4) is 0 Å². The summed E-state index contributed by atoms with van der Waals surface area (Å²) in [6.45, 7) is -0.546. The van der Waals surface area contributed by atoms with Crippen molar-refractivity contribution in [3.05, 3.63) is 58.6 Å². The molecule has 0 saturated heterocycles. The molecule has 0 spiro atoms. The molecule has 0 unspecified atom stereocenters. The van der Waals surface area contributed by atoms with Crippen molar-refractivity contribution in [2.24, 2.45) is 0 Å². The van der Waals surface area contributed by atoms with Crippen LogP contribution in [0.25, 0.3) is 6.08 Å². The van der Waals surface area contributed by atoms with Crippen molar-refractivity contribution in [3.63, 3.8) is 0 Å². The van der Waals surface area contributed by atoms with Crippen LogP contribution in [-0.4, -0.2) is 46.7 Å². The maximum Gasteiger partial charge on any atom is 0.331 e. The number of ketones is 1. The molecule has 8 nitrogen and oxygen atoms in total. The normalized spacial score (nSPS) is 13.8. The first kappa shape index (κ1) is 23.8. The summed E-state index contributed by atoms with van der Waals surface area (Å²) in [5.41, 5.74) is 1.46. The summed E-state index contributed by atoms with van der Waals surface area (Å²) < 4.78 is 20.9. The molecule has 170 valence electrons. The second-order valence-corrected chi connectivity index (χ2v) is 7.77. The van der Waals surface area contributed by atoms with Gasteiger partial charge in [-0.1, -0.05) is 23.9 Å². The quantitative estimate of drug-likeness (QED) is 0.327. The second kappa shape index (κ2) is 10.6. The van der Waals surface area contributed by atoms with E-state index in [0.29, 0.717) is 27.8 Å². The standard InChI is InChI=1S/C24H22N2O6S/c1-26-17-7-5-6-8-21(17)33-24(26)16(13-25)18(27)14-32-22(28)10-9-15-11-19(29-2)23(31-4)20(12-15)30-3/h5-12H,14H2,1-4H3/b10-9+,24-16-. The minimum atomic E-state index is -0.727. The van der Waals surface area contributed by atoms with Gasteiger partial charge in [0, 0.05) is 18.0 Å². The summed E-state index contributed by atoms with van der Waals surface area (Å²) in [5, 5.41) is 10.1. The number of Topliss-reactive ketones (excluding diaryl/α,β-unsaturated/α-hetero) is 1. The van der Waals surface area contributed by atoms with E-state index in [9.17, 15) is 14.9 Å². The number of para-hydroxylation sites is 1. The highest BCUT2D eigenvalue weighted by molar-refractivity contribution is 8.03. The molecule has 0 aliphatic carbocycles. The molecule has 2 aromatic carbocycles. The van der Waals surface area contributed by atoms with Crippen LogP contribution >= 0.6 is 11.8 Å². The molecule has 33 heavy (non-hydrogen) atoms. The molecule has 0 atom stereocenters. The third kappa shape index (κ3) is 5.13. The smallest absolute Gasteiger partial charge is 0.331 e. The van der Waals surface area contributed by atoms with Gasteiger partial charge in [0.25, 0.3) is 0 Å². The van der Waals surface area contributed by atoms with Crippen molar-refractivity contribution in [1.29, 1.82) is 5.26 Å². The van der Waals surface area contributed by atoms with Crippen molar-refractivity contribution in [3.8, 4) is 23.3 Å². The fourth-order valence-corrected chi connectivity index (χ4v) is 4.33. The van der Waals surface area contributed by atoms with E-state index in [1.165, 1.54) is 45.2 Å². The van der Waals surface area contributed by atoms with E-state index in [1.807, 2.05) is 30.3 Å². The molecule has 9 heteroatoms. The number of thioether (sulfide) groups is 1. The van der Waals surface area contributed by atoms with Gasteiger partial charge in [-0.15, -0.1) is 0 Å². The average molecular weight is 467 g/mol. The van der Waals surface area contributed by atoms with Crippen LogP contribution in [0.1, 0.15) is 5.56 Å². The minimum absolute atomic E-state index is 0.0555. The fourth-order valence-electron chi connectivity index (χ4n) is 3.17. The Morgan fingerprint density at radius 3 is 2.33 bits per heavy atom. The SMILES string of the molecule is COc1cc(/C=C/C(=O)OCC(=O)/C(C#N)=C2\Sc3ccccc3N2C)cc(OC)c1OC. The number of rotatable bonds is 8. The van der Waals surface area contributed by atoms with Crippen molar-refractivity contribution in [1.82, 2.24) is 0 Å². The van der Waals surface area contributed by atoms with Crippen LogP contribution < -0.4 is 19.1 Å². The molecule has 0 saturated carbocycles. The van der Waals surface area contributed by atoms with E-state index in [4.69, 9.17) is 18.9 Å². The van der Waals surface area contributed by atoms with Gasteiger partial charge in [0.1, 0.15) is 16.7 Å². The first-order valence-electron chi connectivity index (χ1n) is 9.76. The maximum atomic E-state index is 12.6. The molecule has 3 rings (SSSR count). The first-order chi connectivity index (χ1) is 15.9. The van der Waals surface area contributed by atoms with Crippen molar-refractivity contribution in [2.45, 2.75) is 4.90 Å². The molecule has 1 heterocycles. The van der Waals surface area contributed by atoms with Crippen LogP contribution in [0, 0.1) is 11.3 Å². The molecule has 0 N–H and O–H groups in total. The van der Waals surface area contributed by atoms with E-state index in [-0.39, 0.29) is 5.57 Å². The van der Waals surface area contributed by atoms with Crippen LogP contribution in [0.2, 0.25) is 0 Å². The van der Waals surface area contributed by atoms with Crippen LogP contribution in [-0.2, 0) is 14.3 Å². The largest absolute Gasteiger partial charge is 0.493 e. The topological polar surface area (TPSA) is 98.1 Å². The van der Waals surface area contributed by atoms with E-state index < -0.39 is 18.4 Å². The Labute approximate surface area is 196 Å². The van der Waals surface area contributed by atoms with Crippen LogP contribution in [0.15, 0.2) is 58.0 Å². The monoisotopic (exact) mass is 466 g/mol. The minimum Gasteiger partial charge on any atom is -0.493 e. The Morgan fingerprint density at radius 1 is 1.09 bits per heavy atom. The van der Waals surface area contributed by atoms with Crippen molar-refractivity contribution >= 4 is 35.3 Å². The third-order valence-corrected chi connectivity index (χ3v) is 6.02. The van der Waals surface area contributed by atoms with Crippen LogP contribution in [0.4, 0.5) is 5.69 Å². The molecule has 0 bridgehead atoms. The highest BCUT2D eigenvalue weighted by Gasteiger charge is 2.28. The summed E-state index contributed by atoms with van der Waals surface area (Å²) in [6, 6.07) is 12.9. The lowest BCUT2D eigenvalue weighted by Crippen LogP contribution is -2.19. The number of anilines is 1. The number of hydrogen-bond acceptors (Lipinski definition) is 9. The number of nitriles is 1. The summed E-state index contributed by atoms with van der Waals surface area (Å²) in [5.74, 6) is -0.00221. The lowest BCUT2D eigenvalue weighted by atomic mass is 10.1. The Balaban J connectivity index is 1.68. The van der Waals surface area contributed by atoms with Gasteiger partial charge in [-0.3, -0.25) is 4.79 Å². The number of hydrogen-bond donors (Lipinski definition) is 0. The predicted molar refractivity (Wildman–Crippen MR) is 124 cm³/mol. The molecule has 0 fully saturated rings. The Morgan fingerprint density at radius 2 is 1.76 bits per heavy atom. The highest BCUT2D eigenvalue weighted by atomic mass is 32.2. The lowest BCUT2D eigenvalue weighted by Gasteiger charge is -2.14. The van der Waals surface area contributed by atoms with Gasteiger partial charge >= 0.3 is 5.97 Å². The molecule has 1 aliphatic heterocycles. The first-order valence-corrected chi connectivity index (χ1v) is 10.6. The molecular weight excluding hydrogens is 444 g/mol. The highest BCUT2D eigenvalue weighted by Crippen LogP contribution is 2.46. The lowest BCUT2D eigenvalue weighted by molar-refractivity contribution is -0.141. The van der Waals surface area contributed by atoms with Crippen molar-refractivity contribution in [2.75, 3.05) is 39.9 Å². The second-order valence-electron chi connectivity index (χ2n) is 6.74. The number of carbonyl (C=O) groups is 2. The van der Waals surface area contributed by atoms with Crippen molar-refractivity contribution < 1.29 is 28.5 Å². The van der Waals surface area contributed by atoms with Gasteiger partial charge in [0.05, 0.1) is 27.0 Å². The molecule has 1 aliphatic rings. The number of esters is 1. The molecule has 0 radical (unpaired) electrons. The zero-order valence-corrected chi connectivity index (χ0v) is 19.4. The van der Waals surface area contributed by atoms with E-state index in [1.54, 1.807) is 24.1 Å².